The zero-order chi connectivity index (χ0) is 13.1. The number of carbonyl (C=O) groups excluding carboxylic acids is 2. The van der Waals surface area contributed by atoms with E-state index in [2.05, 4.69) is 26.1 Å². The van der Waals surface area contributed by atoms with Crippen molar-refractivity contribution in [2.24, 2.45) is 0 Å². The van der Waals surface area contributed by atoms with Gasteiger partial charge in [0.1, 0.15) is 0 Å². The predicted octanol–water partition coefficient (Wildman–Crippen LogP) is 1.98. The third kappa shape index (κ3) is 2.90. The summed E-state index contributed by atoms with van der Waals surface area (Å²) in [5.41, 5.74) is 1.61. The molecule has 1 amide bonds. The molecule has 1 N–H and O–H groups in total. The Kier molecular flexibility index (Phi) is 4.01. The maximum absolute atomic E-state index is 11.1. The zero-order valence-electron chi connectivity index (χ0n) is 10.1. The summed E-state index contributed by atoms with van der Waals surface area (Å²) in [6.07, 6.45) is 1.78. The fourth-order valence-electron chi connectivity index (χ4n) is 2.29. The number of anilines is 1. The number of nitrogens with zero attached hydrogens (tertiary/aromatic N) is 1. The van der Waals surface area contributed by atoms with E-state index in [-0.39, 0.29) is 11.9 Å². The first kappa shape index (κ1) is 13.1. The molecule has 1 saturated heterocycles. The van der Waals surface area contributed by atoms with Gasteiger partial charge in [0, 0.05) is 41.8 Å². The molecule has 0 aliphatic carbocycles. The van der Waals surface area contributed by atoms with Crippen molar-refractivity contribution in [3.05, 3.63) is 28.2 Å². The second-order valence-electron chi connectivity index (χ2n) is 4.45. The lowest BCUT2D eigenvalue weighted by atomic mass is 10.2. The molecule has 1 aliphatic rings. The Morgan fingerprint density at radius 2 is 2.33 bits per heavy atom. The van der Waals surface area contributed by atoms with Gasteiger partial charge in [-0.25, -0.2) is 0 Å². The summed E-state index contributed by atoms with van der Waals surface area (Å²) in [6.45, 7) is 3.13. The van der Waals surface area contributed by atoms with E-state index in [4.69, 9.17) is 0 Å². The molecule has 4 nitrogen and oxygen atoms in total. The summed E-state index contributed by atoms with van der Waals surface area (Å²) in [7, 11) is 0. The number of halogens is 1. The summed E-state index contributed by atoms with van der Waals surface area (Å²) in [4.78, 5) is 24.2. The Balaban J connectivity index is 2.14. The van der Waals surface area contributed by atoms with E-state index in [1.54, 1.807) is 0 Å². The summed E-state index contributed by atoms with van der Waals surface area (Å²) >= 11 is 3.36. The van der Waals surface area contributed by atoms with Gasteiger partial charge >= 0.3 is 0 Å². The lowest BCUT2D eigenvalue weighted by molar-refractivity contribution is -0.119. The highest BCUT2D eigenvalue weighted by molar-refractivity contribution is 9.10. The lowest BCUT2D eigenvalue weighted by Crippen LogP contribution is -2.35. The quantitative estimate of drug-likeness (QED) is 0.869. The van der Waals surface area contributed by atoms with Crippen LogP contribution in [0.5, 0.6) is 0 Å². The van der Waals surface area contributed by atoms with Crippen LogP contribution in [0.1, 0.15) is 23.7 Å². The normalized spacial score (nSPS) is 18.8. The van der Waals surface area contributed by atoms with Crippen LogP contribution in [0, 0.1) is 0 Å². The van der Waals surface area contributed by atoms with Crippen molar-refractivity contribution >= 4 is 33.8 Å². The van der Waals surface area contributed by atoms with Gasteiger partial charge in [0.2, 0.25) is 5.91 Å². The van der Waals surface area contributed by atoms with Gasteiger partial charge in [-0.1, -0.05) is 15.9 Å². The minimum Gasteiger partial charge on any atom is -0.369 e. The van der Waals surface area contributed by atoms with Gasteiger partial charge in [-0.2, -0.15) is 0 Å². The summed E-state index contributed by atoms with van der Waals surface area (Å²) < 4.78 is 0.894. The average Bonchev–Trinajstić information content (AvgIpc) is 2.76. The van der Waals surface area contributed by atoms with E-state index in [0.29, 0.717) is 5.56 Å². The first-order chi connectivity index (χ1) is 8.60. The van der Waals surface area contributed by atoms with Crippen LogP contribution in [0.25, 0.3) is 0 Å². The summed E-state index contributed by atoms with van der Waals surface area (Å²) in [5, 5.41) is 2.91. The van der Waals surface area contributed by atoms with Crippen molar-refractivity contribution in [1.82, 2.24) is 5.32 Å². The molecule has 1 unspecified atom stereocenters. The van der Waals surface area contributed by atoms with E-state index < -0.39 is 0 Å². The Bertz CT molecular complexity index is 476. The fourth-order valence-corrected chi connectivity index (χ4v) is 2.67. The standard InChI is InChI=1S/C13H15BrN2O2/c1-9(18)15-12-4-5-16(7-12)13-3-2-11(14)6-10(13)8-17/h2-3,6,8,12H,4-5,7H2,1H3,(H,15,18). The van der Waals surface area contributed by atoms with Gasteiger partial charge in [-0.15, -0.1) is 0 Å². The van der Waals surface area contributed by atoms with Crippen molar-refractivity contribution in [3.8, 4) is 0 Å². The van der Waals surface area contributed by atoms with E-state index >= 15 is 0 Å². The third-order valence-corrected chi connectivity index (χ3v) is 3.55. The minimum absolute atomic E-state index is 0.00623. The Hall–Kier alpha value is -1.36. The molecule has 0 bridgehead atoms. The van der Waals surface area contributed by atoms with Crippen molar-refractivity contribution in [2.45, 2.75) is 19.4 Å². The minimum atomic E-state index is -0.00623. The van der Waals surface area contributed by atoms with E-state index in [0.717, 1.165) is 36.0 Å². The van der Waals surface area contributed by atoms with E-state index in [9.17, 15) is 9.59 Å². The van der Waals surface area contributed by atoms with Crippen LogP contribution in [0.15, 0.2) is 22.7 Å². The molecule has 1 atom stereocenters. The number of carbonyl (C=O) groups is 2. The van der Waals surface area contributed by atoms with Crippen LogP contribution in [-0.4, -0.2) is 31.3 Å². The number of hydrogen-bond acceptors (Lipinski definition) is 3. The van der Waals surface area contributed by atoms with Gasteiger partial charge in [0.15, 0.2) is 6.29 Å². The average molecular weight is 311 g/mol. The maximum Gasteiger partial charge on any atom is 0.217 e. The molecule has 0 spiro atoms. The topological polar surface area (TPSA) is 49.4 Å². The number of benzene rings is 1. The van der Waals surface area contributed by atoms with Gasteiger partial charge in [-0.3, -0.25) is 9.59 Å². The van der Waals surface area contributed by atoms with Gasteiger partial charge in [0.05, 0.1) is 0 Å². The lowest BCUT2D eigenvalue weighted by Gasteiger charge is -2.20. The highest BCUT2D eigenvalue weighted by Gasteiger charge is 2.24. The van der Waals surface area contributed by atoms with Crippen molar-refractivity contribution in [2.75, 3.05) is 18.0 Å². The molecule has 96 valence electrons. The monoisotopic (exact) mass is 310 g/mol. The third-order valence-electron chi connectivity index (χ3n) is 3.05. The Morgan fingerprint density at radius 1 is 1.56 bits per heavy atom. The van der Waals surface area contributed by atoms with Crippen LogP contribution in [0.3, 0.4) is 0 Å². The molecular weight excluding hydrogens is 296 g/mol. The van der Waals surface area contributed by atoms with Crippen LogP contribution in [0.2, 0.25) is 0 Å². The highest BCUT2D eigenvalue weighted by atomic mass is 79.9. The molecule has 1 aliphatic heterocycles. The second-order valence-corrected chi connectivity index (χ2v) is 5.37. The molecule has 0 saturated carbocycles. The molecule has 0 aromatic heterocycles. The summed E-state index contributed by atoms with van der Waals surface area (Å²) in [6, 6.07) is 5.84. The molecular formula is C13H15BrN2O2. The number of amides is 1. The fraction of sp³-hybridized carbons (Fsp3) is 0.385. The number of rotatable bonds is 3. The molecule has 1 heterocycles. The van der Waals surface area contributed by atoms with Gasteiger partial charge in [0.25, 0.3) is 0 Å². The predicted molar refractivity (Wildman–Crippen MR) is 74.0 cm³/mol. The molecule has 0 radical (unpaired) electrons. The summed E-state index contributed by atoms with van der Waals surface area (Å²) in [5.74, 6) is -0.00623. The van der Waals surface area contributed by atoms with E-state index in [1.165, 1.54) is 6.92 Å². The Labute approximate surface area is 114 Å². The molecule has 1 fully saturated rings. The number of hydrogen-bond donors (Lipinski definition) is 1. The number of aldehydes is 1. The molecule has 2 rings (SSSR count). The molecule has 18 heavy (non-hydrogen) atoms. The zero-order valence-corrected chi connectivity index (χ0v) is 11.7. The Morgan fingerprint density at radius 3 is 3.00 bits per heavy atom. The van der Waals surface area contributed by atoms with Crippen LogP contribution >= 0.6 is 15.9 Å². The molecule has 5 heteroatoms. The maximum atomic E-state index is 11.1. The number of nitrogens with one attached hydrogen (secondary N) is 1. The second kappa shape index (κ2) is 5.52. The SMILES string of the molecule is CC(=O)NC1CCN(c2ccc(Br)cc2C=O)C1. The largest absolute Gasteiger partial charge is 0.369 e. The molecule has 1 aromatic rings. The van der Waals surface area contributed by atoms with Crippen LogP contribution < -0.4 is 10.2 Å². The van der Waals surface area contributed by atoms with Crippen LogP contribution in [-0.2, 0) is 4.79 Å². The van der Waals surface area contributed by atoms with Crippen LogP contribution in [0.4, 0.5) is 5.69 Å². The van der Waals surface area contributed by atoms with E-state index in [1.807, 2.05) is 18.2 Å². The van der Waals surface area contributed by atoms with Crippen molar-refractivity contribution in [1.29, 1.82) is 0 Å². The first-order valence-electron chi connectivity index (χ1n) is 5.87. The molecule has 1 aromatic carbocycles. The first-order valence-corrected chi connectivity index (χ1v) is 6.66. The van der Waals surface area contributed by atoms with Gasteiger partial charge in [-0.05, 0) is 24.6 Å². The van der Waals surface area contributed by atoms with Gasteiger partial charge < -0.3 is 10.2 Å². The highest BCUT2D eigenvalue weighted by Crippen LogP contribution is 2.26. The smallest absolute Gasteiger partial charge is 0.217 e. The van der Waals surface area contributed by atoms with Crippen molar-refractivity contribution < 1.29 is 9.59 Å². The van der Waals surface area contributed by atoms with Crippen molar-refractivity contribution in [3.63, 3.8) is 0 Å².